The maximum atomic E-state index is 14.8. The smallest absolute Gasteiger partial charge is 0.408 e. The molecule has 1 aromatic carbocycles. The van der Waals surface area contributed by atoms with E-state index in [0.717, 1.165) is 57.8 Å². The summed E-state index contributed by atoms with van der Waals surface area (Å²) in [4.78, 5) is 68.6. The Morgan fingerprint density at radius 1 is 0.966 bits per heavy atom. The number of hydrogen-bond donors (Lipinski definition) is 3. The van der Waals surface area contributed by atoms with Crippen LogP contribution in [0.15, 0.2) is 48.2 Å². The molecule has 16 heteroatoms. The van der Waals surface area contributed by atoms with Gasteiger partial charge in [-0.1, -0.05) is 37.8 Å². The summed E-state index contributed by atoms with van der Waals surface area (Å²) in [5, 5.41) is 5.11. The van der Waals surface area contributed by atoms with Gasteiger partial charge in [0, 0.05) is 18.4 Å². The second-order valence-corrected chi connectivity index (χ2v) is 18.8. The molecule has 0 radical (unpaired) electrons. The number of amides is 4. The van der Waals surface area contributed by atoms with Gasteiger partial charge in [-0.25, -0.2) is 23.2 Å². The van der Waals surface area contributed by atoms with Gasteiger partial charge in [-0.2, -0.15) is 0 Å². The summed E-state index contributed by atoms with van der Waals surface area (Å²) in [5.41, 5.74) is 3.03. The van der Waals surface area contributed by atoms with Gasteiger partial charge in [0.2, 0.25) is 27.7 Å². The molecular weight excluding hydrogens is 777 g/mol. The third-order valence-corrected chi connectivity index (χ3v) is 14.5. The fourth-order valence-electron chi connectivity index (χ4n) is 9.21. The summed E-state index contributed by atoms with van der Waals surface area (Å²) in [7, 11) is -2.41. The van der Waals surface area contributed by atoms with Crippen molar-refractivity contribution in [3.05, 3.63) is 53.9 Å². The molecule has 3 N–H and O–H groups in total. The minimum Gasteiger partial charge on any atom is -0.497 e. The first kappa shape index (κ1) is 40.8. The van der Waals surface area contributed by atoms with Gasteiger partial charge in [-0.15, -0.1) is 5.73 Å². The van der Waals surface area contributed by atoms with Gasteiger partial charge in [-0.05, 0) is 101 Å². The van der Waals surface area contributed by atoms with E-state index >= 15 is 0 Å². The largest absolute Gasteiger partial charge is 0.497 e. The van der Waals surface area contributed by atoms with E-state index in [9.17, 15) is 27.6 Å². The molecule has 4 heterocycles. The van der Waals surface area contributed by atoms with Crippen molar-refractivity contribution in [1.82, 2.24) is 30.2 Å². The van der Waals surface area contributed by atoms with Crippen molar-refractivity contribution in [2.24, 2.45) is 11.8 Å². The number of allylic oxidation sites excluding steroid dienone is 1. The van der Waals surface area contributed by atoms with E-state index in [1.54, 1.807) is 25.3 Å². The number of aromatic nitrogens is 2. The molecule has 7 unspecified atom stereocenters. The topological polar surface area (TPSA) is 195 Å². The van der Waals surface area contributed by atoms with Crippen LogP contribution in [-0.4, -0.2) is 95.8 Å². The summed E-state index contributed by atoms with van der Waals surface area (Å²) < 4.78 is 46.5. The lowest BCUT2D eigenvalue weighted by molar-refractivity contribution is -0.141. The quantitative estimate of drug-likeness (QED) is 0.286. The zero-order chi connectivity index (χ0) is 41.1. The number of methoxy groups -OCH3 is 1. The zero-order valence-electron chi connectivity index (χ0n) is 33.5. The van der Waals surface area contributed by atoms with Crippen molar-refractivity contribution in [1.29, 1.82) is 0 Å². The van der Waals surface area contributed by atoms with E-state index in [4.69, 9.17) is 24.2 Å². The second-order valence-electron chi connectivity index (χ2n) is 16.8. The molecule has 8 rings (SSSR count). The Morgan fingerprint density at radius 2 is 1.78 bits per heavy atom. The number of aryl methyl sites for hydroxylation is 1. The van der Waals surface area contributed by atoms with Crippen LogP contribution in [0.1, 0.15) is 102 Å². The van der Waals surface area contributed by atoms with Gasteiger partial charge in [0.05, 0.1) is 29.9 Å². The van der Waals surface area contributed by atoms with Crippen LogP contribution in [0.2, 0.25) is 0 Å². The van der Waals surface area contributed by atoms with Gasteiger partial charge < -0.3 is 29.7 Å². The Hall–Kier alpha value is -4.95. The third-order valence-electron chi connectivity index (χ3n) is 12.7. The highest BCUT2D eigenvalue weighted by Gasteiger charge is 2.52. The Morgan fingerprint density at radius 3 is 2.61 bits per heavy atom. The average Bonchev–Trinajstić information content (AvgIpc) is 3.69. The molecule has 15 nitrogen and oxygen atoms in total. The van der Waals surface area contributed by atoms with E-state index in [1.165, 1.54) is 11.0 Å². The summed E-state index contributed by atoms with van der Waals surface area (Å²) in [6.07, 6.45) is 16.0. The Kier molecular flexibility index (Phi) is 12.0. The van der Waals surface area contributed by atoms with E-state index < -0.39 is 68.7 Å². The second kappa shape index (κ2) is 17.3. The molecule has 316 valence electrons. The van der Waals surface area contributed by atoms with Crippen molar-refractivity contribution in [2.75, 3.05) is 13.7 Å². The number of rotatable bonds is 4. The minimum absolute atomic E-state index is 0.0193. The number of carbonyl (C=O) groups excluding carboxylic acids is 4. The number of ether oxygens (including phenoxy) is 3. The normalized spacial score (nSPS) is 30.7. The lowest BCUT2D eigenvalue weighted by Crippen LogP contribution is -2.64. The Labute approximate surface area is 344 Å². The average molecular weight is 831 g/mol. The zero-order valence-corrected chi connectivity index (χ0v) is 34.3. The minimum atomic E-state index is -3.98. The molecule has 3 fully saturated rings. The SMILES string of the molecule is COc1ccc2nc3c(nc2c1)OC1CC2C(=O)NC4(C(=O)NS(=O)(=O)C5CC5)C=C=CC4C=CCCCCCC(NC(=O)OC4CCCC4CCCCC3)C(=O)N2C1. The lowest BCUT2D eigenvalue weighted by Gasteiger charge is -2.35. The number of nitrogens with zero attached hydrogens (tertiary/aromatic N) is 3. The fourth-order valence-corrected chi connectivity index (χ4v) is 10.6. The van der Waals surface area contributed by atoms with Crippen LogP contribution in [0.3, 0.4) is 0 Å². The van der Waals surface area contributed by atoms with Gasteiger partial charge >= 0.3 is 6.09 Å². The molecule has 1 aromatic heterocycles. The standard InChI is InChI=1S/C43H54N6O9S/c1-56-29-19-22-32-35(24-29)45-39-33(44-32)16-9-5-6-12-27-13-10-18-37(27)58-42(53)46-34-17-8-4-2-3-7-14-28-15-11-23-43(28,41(52)48-59(54,55)31-20-21-31)47-38(50)36-25-30(57-39)26-49(36)40(34)51/h7,14-15,19,22-24,27-28,30-31,34,36-37H,2-6,8-10,12-13,16-18,20-21,25-26H2,1H3,(H,46,53)(H,47,50)(H,48,52). The predicted molar refractivity (Wildman–Crippen MR) is 217 cm³/mol. The molecule has 59 heavy (non-hydrogen) atoms. The fraction of sp³-hybridized carbons (Fsp3) is 0.605. The molecule has 3 bridgehead atoms. The van der Waals surface area contributed by atoms with E-state index in [0.29, 0.717) is 66.9 Å². The molecule has 2 aromatic rings. The number of hydrogen-bond acceptors (Lipinski definition) is 11. The molecule has 7 atom stereocenters. The number of fused-ring (bicyclic) bond motifs is 6. The maximum Gasteiger partial charge on any atom is 0.408 e. The Balaban J connectivity index is 1.16. The van der Waals surface area contributed by atoms with Crippen LogP contribution in [-0.2, 0) is 35.6 Å². The molecular formula is C43H54N6O9S. The van der Waals surface area contributed by atoms with Gasteiger partial charge in [-0.3, -0.25) is 19.1 Å². The van der Waals surface area contributed by atoms with Crippen LogP contribution in [0.25, 0.3) is 11.0 Å². The van der Waals surface area contributed by atoms with Crippen molar-refractivity contribution in [2.45, 2.75) is 138 Å². The highest BCUT2D eigenvalue weighted by molar-refractivity contribution is 7.91. The van der Waals surface area contributed by atoms with Crippen LogP contribution in [0.5, 0.6) is 11.6 Å². The number of carbonyl (C=O) groups is 4. The Bertz CT molecular complexity index is 2170. The van der Waals surface area contributed by atoms with Crippen LogP contribution in [0.4, 0.5) is 4.79 Å². The first-order valence-electron chi connectivity index (χ1n) is 21.3. The molecule has 3 aliphatic heterocycles. The van der Waals surface area contributed by atoms with Gasteiger partial charge in [0.25, 0.3) is 5.91 Å². The first-order valence-corrected chi connectivity index (χ1v) is 22.8. The van der Waals surface area contributed by atoms with Crippen molar-refractivity contribution >= 4 is 44.9 Å². The highest BCUT2D eigenvalue weighted by Crippen LogP contribution is 2.35. The van der Waals surface area contributed by atoms with Crippen LogP contribution >= 0.6 is 0 Å². The third kappa shape index (κ3) is 8.98. The van der Waals surface area contributed by atoms with Crippen LogP contribution < -0.4 is 24.8 Å². The molecule has 0 spiro atoms. The number of benzene rings is 1. The summed E-state index contributed by atoms with van der Waals surface area (Å²) in [5.74, 6) is -1.68. The highest BCUT2D eigenvalue weighted by atomic mass is 32.2. The van der Waals surface area contributed by atoms with E-state index in [2.05, 4.69) is 21.1 Å². The van der Waals surface area contributed by atoms with E-state index in [1.807, 2.05) is 18.2 Å². The monoisotopic (exact) mass is 830 g/mol. The predicted octanol–water partition coefficient (Wildman–Crippen LogP) is 4.69. The molecule has 1 saturated heterocycles. The summed E-state index contributed by atoms with van der Waals surface area (Å²) >= 11 is 0. The van der Waals surface area contributed by atoms with Crippen LogP contribution in [0, 0.1) is 11.8 Å². The molecule has 6 aliphatic rings. The lowest BCUT2D eigenvalue weighted by atomic mass is 9.85. The van der Waals surface area contributed by atoms with Gasteiger partial charge in [0.15, 0.2) is 5.54 Å². The maximum absolute atomic E-state index is 14.8. The van der Waals surface area contributed by atoms with E-state index in [-0.39, 0.29) is 25.0 Å². The molecule has 4 amide bonds. The van der Waals surface area contributed by atoms with Crippen molar-refractivity contribution in [3.8, 4) is 11.6 Å². The van der Waals surface area contributed by atoms with Crippen molar-refractivity contribution < 1.29 is 41.8 Å². The molecule has 3 aliphatic carbocycles. The number of sulfonamides is 1. The first-order chi connectivity index (χ1) is 28.5. The van der Waals surface area contributed by atoms with Crippen molar-refractivity contribution in [3.63, 3.8) is 0 Å². The van der Waals surface area contributed by atoms with Gasteiger partial charge in [0.1, 0.15) is 35.7 Å². The summed E-state index contributed by atoms with van der Waals surface area (Å²) in [6.45, 7) is -0.0290. The number of alkyl carbamates (subject to hydrolysis) is 1. The molecule has 2 saturated carbocycles. The number of nitrogens with one attached hydrogen (secondary N) is 3. The summed E-state index contributed by atoms with van der Waals surface area (Å²) in [6, 6.07) is 3.30.